The minimum atomic E-state index is -3.94. The summed E-state index contributed by atoms with van der Waals surface area (Å²) in [6.07, 6.45) is -0.210. The first-order chi connectivity index (χ1) is 15.5. The number of nitrogens with one attached hydrogen (secondary N) is 1. The highest BCUT2D eigenvalue weighted by Crippen LogP contribution is 2.35. The number of hydrogen-bond acceptors (Lipinski definition) is 5. The van der Waals surface area contributed by atoms with Crippen molar-refractivity contribution >= 4 is 60.7 Å². The Kier molecular flexibility index (Phi) is 7.62. The average molecular weight is 573 g/mol. The summed E-state index contributed by atoms with van der Waals surface area (Å²) in [5.74, 6) is -1.25. The molecule has 1 amide bonds. The van der Waals surface area contributed by atoms with Crippen LogP contribution < -0.4 is 15.2 Å². The molecule has 0 aliphatic carbocycles. The molecule has 0 radical (unpaired) electrons. The number of amides is 1. The van der Waals surface area contributed by atoms with Crippen molar-refractivity contribution in [2.75, 3.05) is 5.32 Å². The molecule has 0 saturated heterocycles. The number of carbonyl (C=O) groups is 1. The van der Waals surface area contributed by atoms with Gasteiger partial charge in [0.05, 0.1) is 38.1 Å². The van der Waals surface area contributed by atoms with Crippen LogP contribution in [0.25, 0.3) is 0 Å². The molecular formula is C21H13BrCl2FN3O4S. The van der Waals surface area contributed by atoms with Crippen LogP contribution >= 0.6 is 39.1 Å². The molecule has 170 valence electrons. The normalized spacial score (nSPS) is 11.0. The van der Waals surface area contributed by atoms with Gasteiger partial charge in [0.25, 0.3) is 0 Å². The first kappa shape index (κ1) is 25.0. The number of hydrogen-bond donors (Lipinski definition) is 2. The number of carbonyl (C=O) groups excluding carboxylic acids is 1. The number of anilines is 1. The minimum absolute atomic E-state index is 0.0238. The van der Waals surface area contributed by atoms with Crippen molar-refractivity contribution in [3.63, 3.8) is 0 Å². The smallest absolute Gasteiger partial charge is 0.238 e. The molecule has 0 bridgehead atoms. The van der Waals surface area contributed by atoms with E-state index in [0.717, 1.165) is 12.1 Å². The van der Waals surface area contributed by atoms with Gasteiger partial charge in [-0.15, -0.1) is 0 Å². The van der Waals surface area contributed by atoms with Crippen molar-refractivity contribution in [1.29, 1.82) is 5.26 Å². The van der Waals surface area contributed by atoms with Crippen molar-refractivity contribution < 1.29 is 22.3 Å². The largest absolute Gasteiger partial charge is 0.453 e. The zero-order valence-electron chi connectivity index (χ0n) is 16.4. The number of ether oxygens (including phenoxy) is 1. The van der Waals surface area contributed by atoms with Gasteiger partial charge in [-0.1, -0.05) is 23.2 Å². The number of nitriles is 1. The van der Waals surface area contributed by atoms with Gasteiger partial charge in [0.2, 0.25) is 15.9 Å². The highest BCUT2D eigenvalue weighted by Gasteiger charge is 2.16. The molecule has 0 saturated carbocycles. The topological polar surface area (TPSA) is 122 Å². The van der Waals surface area contributed by atoms with Crippen LogP contribution in [0.4, 0.5) is 10.1 Å². The van der Waals surface area contributed by atoms with Gasteiger partial charge < -0.3 is 10.1 Å². The Morgan fingerprint density at radius 1 is 1.18 bits per heavy atom. The summed E-state index contributed by atoms with van der Waals surface area (Å²) in [6.45, 7) is 0. The quantitative estimate of drug-likeness (QED) is 0.410. The molecule has 3 N–H and O–H groups in total. The van der Waals surface area contributed by atoms with Crippen molar-refractivity contribution in [2.45, 2.75) is 11.3 Å². The highest BCUT2D eigenvalue weighted by atomic mass is 79.9. The van der Waals surface area contributed by atoms with E-state index in [1.165, 1.54) is 36.4 Å². The maximum Gasteiger partial charge on any atom is 0.238 e. The van der Waals surface area contributed by atoms with E-state index in [-0.39, 0.29) is 48.6 Å². The van der Waals surface area contributed by atoms with Crippen LogP contribution in [0.2, 0.25) is 10.0 Å². The molecule has 3 rings (SSSR count). The van der Waals surface area contributed by atoms with E-state index >= 15 is 0 Å². The van der Waals surface area contributed by atoms with Crippen LogP contribution in [-0.2, 0) is 21.2 Å². The van der Waals surface area contributed by atoms with Gasteiger partial charge >= 0.3 is 0 Å². The van der Waals surface area contributed by atoms with E-state index in [0.29, 0.717) is 5.56 Å². The van der Waals surface area contributed by atoms with E-state index in [1.54, 1.807) is 0 Å². The Morgan fingerprint density at radius 3 is 2.52 bits per heavy atom. The zero-order chi connectivity index (χ0) is 24.3. The van der Waals surface area contributed by atoms with Crippen LogP contribution in [0.5, 0.6) is 11.5 Å². The standard InChI is InChI=1S/C21H13BrCl2FN3O4S/c22-16-5-11(6-18(25)21(16)32-14-4-12(10-26)3-13(23)8-14)7-20(29)28-19-2-1-15(9-17(19)24)33(27,30)31/h1-6,8-9H,7H2,(H,28,29)(H2,27,30,31). The van der Waals surface area contributed by atoms with Crippen molar-refractivity contribution in [1.82, 2.24) is 0 Å². The van der Waals surface area contributed by atoms with E-state index < -0.39 is 21.7 Å². The molecule has 0 aliphatic heterocycles. The second-order valence-electron chi connectivity index (χ2n) is 6.69. The second kappa shape index (κ2) is 10.1. The molecular weight excluding hydrogens is 560 g/mol. The van der Waals surface area contributed by atoms with Gasteiger partial charge in [-0.2, -0.15) is 5.26 Å². The summed E-state index contributed by atoms with van der Waals surface area (Å²) in [5, 5.41) is 16.8. The van der Waals surface area contributed by atoms with E-state index in [1.807, 2.05) is 6.07 Å². The van der Waals surface area contributed by atoms with Gasteiger partial charge in [0.15, 0.2) is 11.6 Å². The molecule has 0 fully saturated rings. The second-order valence-corrected chi connectivity index (χ2v) is 9.95. The Morgan fingerprint density at radius 2 is 1.91 bits per heavy atom. The highest BCUT2D eigenvalue weighted by molar-refractivity contribution is 9.10. The fraction of sp³-hybridized carbons (Fsp3) is 0.0476. The van der Waals surface area contributed by atoms with E-state index in [4.69, 9.17) is 38.3 Å². The molecule has 0 atom stereocenters. The molecule has 0 spiro atoms. The molecule has 0 unspecified atom stereocenters. The lowest BCUT2D eigenvalue weighted by Crippen LogP contribution is -2.16. The first-order valence-corrected chi connectivity index (χ1v) is 12.0. The van der Waals surface area contributed by atoms with Crippen LogP contribution in [0.15, 0.2) is 57.9 Å². The molecule has 3 aromatic carbocycles. The number of rotatable bonds is 6. The number of nitrogens with zero attached hydrogens (tertiary/aromatic N) is 1. The molecule has 3 aromatic rings. The fourth-order valence-corrected chi connectivity index (χ4v) is 4.39. The van der Waals surface area contributed by atoms with Gasteiger partial charge in [0.1, 0.15) is 5.75 Å². The summed E-state index contributed by atoms with van der Waals surface area (Å²) in [7, 11) is -3.94. The average Bonchev–Trinajstić information content (AvgIpc) is 2.71. The summed E-state index contributed by atoms with van der Waals surface area (Å²) < 4.78 is 43.2. The lowest BCUT2D eigenvalue weighted by Gasteiger charge is -2.12. The van der Waals surface area contributed by atoms with E-state index in [2.05, 4.69) is 21.2 Å². The molecule has 0 aromatic heterocycles. The summed E-state index contributed by atoms with van der Waals surface area (Å²) >= 11 is 15.2. The van der Waals surface area contributed by atoms with Crippen molar-refractivity contribution in [3.8, 4) is 17.6 Å². The maximum absolute atomic E-state index is 14.7. The monoisotopic (exact) mass is 571 g/mol. The number of benzene rings is 3. The summed E-state index contributed by atoms with van der Waals surface area (Å²) in [6, 6.07) is 12.4. The predicted octanol–water partition coefficient (Wildman–Crippen LogP) is 5.39. The lowest BCUT2D eigenvalue weighted by atomic mass is 10.1. The van der Waals surface area contributed by atoms with Gasteiger partial charge in [-0.05, 0) is 70.0 Å². The Labute approximate surface area is 207 Å². The van der Waals surface area contributed by atoms with Gasteiger partial charge in [0, 0.05) is 5.02 Å². The number of primary sulfonamides is 1. The van der Waals surface area contributed by atoms with Crippen LogP contribution in [-0.4, -0.2) is 14.3 Å². The minimum Gasteiger partial charge on any atom is -0.453 e. The van der Waals surface area contributed by atoms with Crippen molar-refractivity contribution in [3.05, 3.63) is 80.0 Å². The molecule has 7 nitrogen and oxygen atoms in total. The summed E-state index contributed by atoms with van der Waals surface area (Å²) in [4.78, 5) is 12.2. The number of sulfonamides is 1. The Balaban J connectivity index is 1.76. The third kappa shape index (κ3) is 6.43. The van der Waals surface area contributed by atoms with Gasteiger partial charge in [-0.3, -0.25) is 4.79 Å². The van der Waals surface area contributed by atoms with Gasteiger partial charge in [-0.25, -0.2) is 17.9 Å². The predicted molar refractivity (Wildman–Crippen MR) is 125 cm³/mol. The molecule has 12 heteroatoms. The summed E-state index contributed by atoms with van der Waals surface area (Å²) in [5.41, 5.74) is 0.742. The molecule has 0 aliphatic rings. The van der Waals surface area contributed by atoms with Crippen LogP contribution in [0.1, 0.15) is 11.1 Å². The van der Waals surface area contributed by atoms with E-state index in [9.17, 15) is 17.6 Å². The third-order valence-electron chi connectivity index (χ3n) is 4.19. The molecule has 33 heavy (non-hydrogen) atoms. The number of nitrogens with two attached hydrogens (primary N) is 1. The first-order valence-electron chi connectivity index (χ1n) is 8.95. The van der Waals surface area contributed by atoms with Crippen molar-refractivity contribution in [2.24, 2.45) is 5.14 Å². The number of halogens is 4. The lowest BCUT2D eigenvalue weighted by molar-refractivity contribution is -0.115. The SMILES string of the molecule is N#Cc1cc(Cl)cc(Oc2c(F)cc(CC(=O)Nc3ccc(S(N)(=O)=O)cc3Cl)cc2Br)c1. The maximum atomic E-state index is 14.7. The van der Waals surface area contributed by atoms with Crippen LogP contribution in [0, 0.1) is 17.1 Å². The zero-order valence-corrected chi connectivity index (χ0v) is 20.3. The van der Waals surface area contributed by atoms with Crippen LogP contribution in [0.3, 0.4) is 0 Å². The molecule has 0 heterocycles. The Hall–Kier alpha value is -2.68. The third-order valence-corrected chi connectivity index (χ3v) is 6.22. The Bertz CT molecular complexity index is 1390. The fourth-order valence-electron chi connectivity index (χ4n) is 2.77.